The lowest BCUT2D eigenvalue weighted by Crippen LogP contribution is -1.98. The number of aryl methyl sites for hydroxylation is 1. The SMILES string of the molecule is COc1cccc(CC(Cl)c2cccc(C)c2Cl)c1. The lowest BCUT2D eigenvalue weighted by molar-refractivity contribution is 0.414. The van der Waals surface area contributed by atoms with Crippen LogP contribution in [0.4, 0.5) is 0 Å². The van der Waals surface area contributed by atoms with E-state index in [0.717, 1.165) is 33.9 Å². The Morgan fingerprint density at radius 3 is 2.63 bits per heavy atom. The Morgan fingerprint density at radius 1 is 1.16 bits per heavy atom. The highest BCUT2D eigenvalue weighted by Gasteiger charge is 2.14. The van der Waals surface area contributed by atoms with Crippen LogP contribution in [0.2, 0.25) is 5.02 Å². The highest BCUT2D eigenvalue weighted by Crippen LogP contribution is 2.33. The van der Waals surface area contributed by atoms with Gasteiger partial charge in [-0.3, -0.25) is 0 Å². The number of benzene rings is 2. The Kier molecular flexibility index (Phi) is 4.73. The van der Waals surface area contributed by atoms with Crippen LogP contribution in [0.1, 0.15) is 22.1 Å². The number of methoxy groups -OCH3 is 1. The van der Waals surface area contributed by atoms with Crippen LogP contribution in [0.15, 0.2) is 42.5 Å². The van der Waals surface area contributed by atoms with E-state index in [2.05, 4.69) is 0 Å². The molecule has 0 fully saturated rings. The maximum atomic E-state index is 6.49. The number of rotatable bonds is 4. The van der Waals surface area contributed by atoms with E-state index in [-0.39, 0.29) is 5.38 Å². The summed E-state index contributed by atoms with van der Waals surface area (Å²) in [6, 6.07) is 13.9. The molecule has 100 valence electrons. The predicted octanol–water partition coefficient (Wildman–Crippen LogP) is 5.18. The summed E-state index contributed by atoms with van der Waals surface area (Å²) in [6.07, 6.45) is 0.724. The smallest absolute Gasteiger partial charge is 0.119 e. The first-order chi connectivity index (χ1) is 9.11. The van der Waals surface area contributed by atoms with E-state index in [1.165, 1.54) is 0 Å². The molecule has 0 bridgehead atoms. The van der Waals surface area contributed by atoms with Crippen molar-refractivity contribution in [1.82, 2.24) is 0 Å². The molecule has 0 aliphatic carbocycles. The fraction of sp³-hybridized carbons (Fsp3) is 0.250. The molecule has 2 aromatic rings. The van der Waals surface area contributed by atoms with E-state index in [4.69, 9.17) is 27.9 Å². The molecule has 2 rings (SSSR count). The molecule has 0 aromatic heterocycles. The summed E-state index contributed by atoms with van der Waals surface area (Å²) >= 11 is 12.8. The van der Waals surface area contributed by atoms with Crippen molar-refractivity contribution >= 4 is 23.2 Å². The summed E-state index contributed by atoms with van der Waals surface area (Å²) in [5.74, 6) is 0.844. The maximum Gasteiger partial charge on any atom is 0.119 e. The van der Waals surface area contributed by atoms with E-state index >= 15 is 0 Å². The Bertz CT molecular complexity index is 566. The van der Waals surface area contributed by atoms with Crippen molar-refractivity contribution in [2.24, 2.45) is 0 Å². The van der Waals surface area contributed by atoms with Crippen LogP contribution in [0.3, 0.4) is 0 Å². The average molecular weight is 295 g/mol. The Balaban J connectivity index is 2.20. The minimum absolute atomic E-state index is 0.139. The average Bonchev–Trinajstić information content (AvgIpc) is 2.42. The molecule has 0 saturated heterocycles. The van der Waals surface area contributed by atoms with Crippen LogP contribution in [0, 0.1) is 6.92 Å². The molecule has 0 radical (unpaired) electrons. The number of halogens is 2. The molecule has 19 heavy (non-hydrogen) atoms. The van der Waals surface area contributed by atoms with Gasteiger partial charge in [-0.25, -0.2) is 0 Å². The quantitative estimate of drug-likeness (QED) is 0.706. The van der Waals surface area contributed by atoms with E-state index in [9.17, 15) is 0 Å². The highest BCUT2D eigenvalue weighted by molar-refractivity contribution is 6.33. The standard InChI is InChI=1S/C16H16Cl2O/c1-11-5-3-8-14(16(11)18)15(17)10-12-6-4-7-13(9-12)19-2/h3-9,15H,10H2,1-2H3. The predicted molar refractivity (Wildman–Crippen MR) is 81.5 cm³/mol. The summed E-state index contributed by atoms with van der Waals surface area (Å²) < 4.78 is 5.22. The van der Waals surface area contributed by atoms with Gasteiger partial charge in [-0.05, 0) is 42.2 Å². The molecule has 0 spiro atoms. The highest BCUT2D eigenvalue weighted by atomic mass is 35.5. The monoisotopic (exact) mass is 294 g/mol. The third kappa shape index (κ3) is 3.43. The van der Waals surface area contributed by atoms with Gasteiger partial charge in [0.05, 0.1) is 12.5 Å². The van der Waals surface area contributed by atoms with E-state index in [0.29, 0.717) is 0 Å². The molecular weight excluding hydrogens is 279 g/mol. The zero-order valence-corrected chi connectivity index (χ0v) is 12.5. The van der Waals surface area contributed by atoms with E-state index in [1.807, 2.05) is 49.4 Å². The van der Waals surface area contributed by atoms with Gasteiger partial charge in [0.2, 0.25) is 0 Å². The molecule has 1 unspecified atom stereocenters. The first-order valence-corrected chi connectivity index (χ1v) is 6.95. The lowest BCUT2D eigenvalue weighted by Gasteiger charge is -2.13. The van der Waals surface area contributed by atoms with E-state index in [1.54, 1.807) is 7.11 Å². The minimum Gasteiger partial charge on any atom is -0.497 e. The molecule has 0 aliphatic heterocycles. The largest absolute Gasteiger partial charge is 0.497 e. The van der Waals surface area contributed by atoms with Gasteiger partial charge < -0.3 is 4.74 Å². The van der Waals surface area contributed by atoms with Crippen LogP contribution in [0.5, 0.6) is 5.75 Å². The van der Waals surface area contributed by atoms with Crippen molar-refractivity contribution in [2.75, 3.05) is 7.11 Å². The second-order valence-corrected chi connectivity index (χ2v) is 5.41. The molecule has 0 saturated carbocycles. The molecule has 0 N–H and O–H groups in total. The summed E-state index contributed by atoms with van der Waals surface area (Å²) in [6.45, 7) is 1.99. The van der Waals surface area contributed by atoms with Crippen molar-refractivity contribution in [3.63, 3.8) is 0 Å². The Hall–Kier alpha value is -1.18. The van der Waals surface area contributed by atoms with Crippen molar-refractivity contribution in [2.45, 2.75) is 18.7 Å². The van der Waals surface area contributed by atoms with Crippen LogP contribution in [-0.4, -0.2) is 7.11 Å². The van der Waals surface area contributed by atoms with Gasteiger partial charge in [0.15, 0.2) is 0 Å². The Labute approximate surface area is 124 Å². The van der Waals surface area contributed by atoms with Gasteiger partial charge in [0.1, 0.15) is 5.75 Å². The summed E-state index contributed by atoms with van der Waals surface area (Å²) in [5.41, 5.74) is 3.17. The fourth-order valence-electron chi connectivity index (χ4n) is 2.03. The first kappa shape index (κ1) is 14.2. The van der Waals surface area contributed by atoms with Crippen LogP contribution in [-0.2, 0) is 6.42 Å². The second kappa shape index (κ2) is 6.31. The zero-order valence-electron chi connectivity index (χ0n) is 11.0. The molecule has 3 heteroatoms. The molecule has 0 aliphatic rings. The van der Waals surface area contributed by atoms with Gasteiger partial charge in [-0.1, -0.05) is 41.9 Å². The van der Waals surface area contributed by atoms with E-state index < -0.39 is 0 Å². The number of ether oxygens (including phenoxy) is 1. The molecule has 0 heterocycles. The molecular formula is C16H16Cl2O. The number of hydrogen-bond donors (Lipinski definition) is 0. The second-order valence-electron chi connectivity index (χ2n) is 4.50. The van der Waals surface area contributed by atoms with Gasteiger partial charge in [0.25, 0.3) is 0 Å². The normalized spacial score (nSPS) is 12.2. The van der Waals surface area contributed by atoms with Gasteiger partial charge in [-0.2, -0.15) is 0 Å². The first-order valence-electron chi connectivity index (χ1n) is 6.14. The van der Waals surface area contributed by atoms with Crippen molar-refractivity contribution in [3.05, 3.63) is 64.2 Å². The third-order valence-electron chi connectivity index (χ3n) is 3.11. The van der Waals surface area contributed by atoms with Crippen LogP contribution in [0.25, 0.3) is 0 Å². The Morgan fingerprint density at radius 2 is 1.89 bits per heavy atom. The third-order valence-corrected chi connectivity index (χ3v) is 4.01. The molecule has 1 atom stereocenters. The van der Waals surface area contributed by atoms with Crippen molar-refractivity contribution in [1.29, 1.82) is 0 Å². The van der Waals surface area contributed by atoms with Gasteiger partial charge >= 0.3 is 0 Å². The lowest BCUT2D eigenvalue weighted by atomic mass is 10.0. The zero-order chi connectivity index (χ0) is 13.8. The molecule has 0 amide bonds. The summed E-state index contributed by atoms with van der Waals surface area (Å²) in [7, 11) is 1.66. The van der Waals surface area contributed by atoms with Crippen LogP contribution < -0.4 is 4.74 Å². The maximum absolute atomic E-state index is 6.49. The van der Waals surface area contributed by atoms with Crippen LogP contribution >= 0.6 is 23.2 Å². The van der Waals surface area contributed by atoms with Crippen molar-refractivity contribution in [3.8, 4) is 5.75 Å². The molecule has 1 nitrogen and oxygen atoms in total. The number of alkyl halides is 1. The molecule has 2 aromatic carbocycles. The van der Waals surface area contributed by atoms with Gasteiger partial charge in [-0.15, -0.1) is 11.6 Å². The summed E-state index contributed by atoms with van der Waals surface area (Å²) in [5, 5.41) is 0.616. The number of hydrogen-bond acceptors (Lipinski definition) is 1. The van der Waals surface area contributed by atoms with Crippen molar-refractivity contribution < 1.29 is 4.74 Å². The van der Waals surface area contributed by atoms with Gasteiger partial charge in [0, 0.05) is 5.02 Å². The topological polar surface area (TPSA) is 9.23 Å². The fourth-order valence-corrected chi connectivity index (χ4v) is 2.70. The minimum atomic E-state index is -0.139. The summed E-state index contributed by atoms with van der Waals surface area (Å²) in [4.78, 5) is 0.